The molecule has 4 nitrogen and oxygen atoms in total. The van der Waals surface area contributed by atoms with Gasteiger partial charge < -0.3 is 4.42 Å². The largest absolute Gasteiger partial charge is 0.451 e. The third-order valence-electron chi connectivity index (χ3n) is 4.16. The highest BCUT2D eigenvalue weighted by Gasteiger charge is 2.16. The Morgan fingerprint density at radius 1 is 0.966 bits per heavy atom. The molecule has 0 fully saturated rings. The number of hydrogen-bond donors (Lipinski definition) is 1. The van der Waals surface area contributed by atoms with Gasteiger partial charge in [-0.05, 0) is 42.0 Å². The molecule has 1 N–H and O–H groups in total. The molecule has 0 radical (unpaired) electrons. The van der Waals surface area contributed by atoms with E-state index in [4.69, 9.17) is 39.2 Å². The van der Waals surface area contributed by atoms with Gasteiger partial charge in [-0.15, -0.1) is 11.3 Å². The average molecular weight is 464 g/mol. The molecule has 2 aromatic heterocycles. The smallest absolute Gasteiger partial charge is 0.293 e. The lowest BCUT2D eigenvalue weighted by Crippen LogP contribution is -2.10. The van der Waals surface area contributed by atoms with E-state index in [0.717, 1.165) is 16.0 Å². The Balaban J connectivity index is 1.47. The molecule has 4 rings (SSSR count). The molecule has 0 unspecified atom stereocenters. The molecule has 146 valence electrons. The fourth-order valence-electron chi connectivity index (χ4n) is 2.75. The van der Waals surface area contributed by atoms with E-state index in [-0.39, 0.29) is 11.7 Å². The van der Waals surface area contributed by atoms with Crippen molar-refractivity contribution in [1.29, 1.82) is 0 Å². The molecule has 0 aliphatic heterocycles. The normalized spacial score (nSPS) is 10.9. The van der Waals surface area contributed by atoms with Gasteiger partial charge in [-0.1, -0.05) is 53.0 Å². The van der Waals surface area contributed by atoms with Gasteiger partial charge in [-0.3, -0.25) is 10.1 Å². The minimum atomic E-state index is -0.389. The molecule has 2 aromatic carbocycles. The van der Waals surface area contributed by atoms with Gasteiger partial charge in [0.2, 0.25) is 0 Å². The second-order valence-corrected chi connectivity index (χ2v) is 8.44. The fraction of sp³-hybridized carbons (Fsp3) is 0.0476. The molecule has 0 spiro atoms. The van der Waals surface area contributed by atoms with Crippen LogP contribution >= 0.6 is 46.1 Å². The van der Waals surface area contributed by atoms with Crippen molar-refractivity contribution in [3.8, 4) is 11.3 Å². The molecule has 0 saturated carbocycles. The number of halogens is 3. The van der Waals surface area contributed by atoms with Crippen LogP contribution < -0.4 is 5.32 Å². The van der Waals surface area contributed by atoms with Gasteiger partial charge >= 0.3 is 0 Å². The first-order chi connectivity index (χ1) is 14.0. The minimum absolute atomic E-state index is 0.172. The fourth-order valence-corrected chi connectivity index (χ4v) is 4.33. The van der Waals surface area contributed by atoms with Gasteiger partial charge in [0, 0.05) is 33.1 Å². The monoisotopic (exact) mass is 462 g/mol. The number of thiazole rings is 1. The molecule has 0 saturated heterocycles. The molecular formula is C21H13Cl3N2O2S. The number of anilines is 1. The first-order valence-electron chi connectivity index (χ1n) is 8.55. The molecule has 2 heterocycles. The lowest BCUT2D eigenvalue weighted by Gasteiger charge is -2.04. The van der Waals surface area contributed by atoms with E-state index in [0.29, 0.717) is 32.4 Å². The van der Waals surface area contributed by atoms with Crippen molar-refractivity contribution < 1.29 is 9.21 Å². The Morgan fingerprint density at radius 2 is 1.69 bits per heavy atom. The maximum atomic E-state index is 12.5. The van der Waals surface area contributed by atoms with E-state index >= 15 is 0 Å². The van der Waals surface area contributed by atoms with Crippen molar-refractivity contribution in [3.63, 3.8) is 0 Å². The highest BCUT2D eigenvalue weighted by Crippen LogP contribution is 2.31. The Hall–Kier alpha value is -2.31. The molecule has 4 aromatic rings. The van der Waals surface area contributed by atoms with Crippen molar-refractivity contribution in [2.45, 2.75) is 6.42 Å². The van der Waals surface area contributed by atoms with Gasteiger partial charge in [-0.25, -0.2) is 4.98 Å². The number of amides is 1. The molecule has 8 heteroatoms. The van der Waals surface area contributed by atoms with E-state index in [1.54, 1.807) is 42.6 Å². The van der Waals surface area contributed by atoms with Crippen molar-refractivity contribution in [2.24, 2.45) is 0 Å². The summed E-state index contributed by atoms with van der Waals surface area (Å²) in [5.74, 6) is 0.305. The maximum Gasteiger partial charge on any atom is 0.293 e. The van der Waals surface area contributed by atoms with Crippen molar-refractivity contribution >= 4 is 57.2 Å². The van der Waals surface area contributed by atoms with Gasteiger partial charge in [0.05, 0.1) is 5.02 Å². The van der Waals surface area contributed by atoms with Crippen molar-refractivity contribution in [1.82, 2.24) is 4.98 Å². The number of carbonyl (C=O) groups excluding carboxylic acids is 1. The Labute approximate surface area is 186 Å². The van der Waals surface area contributed by atoms with Crippen LogP contribution in [-0.2, 0) is 6.42 Å². The summed E-state index contributed by atoms with van der Waals surface area (Å²) >= 11 is 20.0. The molecule has 0 aliphatic carbocycles. The van der Waals surface area contributed by atoms with Crippen LogP contribution in [0.4, 0.5) is 5.13 Å². The summed E-state index contributed by atoms with van der Waals surface area (Å²) in [5.41, 5.74) is 1.55. The summed E-state index contributed by atoms with van der Waals surface area (Å²) in [7, 11) is 0. The van der Waals surface area contributed by atoms with E-state index in [2.05, 4.69) is 10.3 Å². The van der Waals surface area contributed by atoms with Crippen LogP contribution in [0.25, 0.3) is 11.3 Å². The number of furan rings is 1. The van der Waals surface area contributed by atoms with E-state index in [1.807, 2.05) is 18.2 Å². The summed E-state index contributed by atoms with van der Waals surface area (Å²) in [6.07, 6.45) is 2.22. The minimum Gasteiger partial charge on any atom is -0.451 e. The standard InChI is InChI=1S/C21H13Cl3N2O2S/c22-15-5-2-1-4-13(15)18-8-9-19(28-18)20(27)26-21-25-11-12(29-21)10-14-16(23)6-3-7-17(14)24/h1-9,11H,10H2,(H,25,26,27). The average Bonchev–Trinajstić information content (AvgIpc) is 3.35. The van der Waals surface area contributed by atoms with Crippen LogP contribution in [0.5, 0.6) is 0 Å². The van der Waals surface area contributed by atoms with Gasteiger partial charge in [0.15, 0.2) is 10.9 Å². The number of carbonyl (C=O) groups is 1. The zero-order chi connectivity index (χ0) is 20.4. The highest BCUT2D eigenvalue weighted by molar-refractivity contribution is 7.15. The maximum absolute atomic E-state index is 12.5. The first kappa shape index (κ1) is 20.0. The summed E-state index contributed by atoms with van der Waals surface area (Å²) < 4.78 is 5.66. The first-order valence-corrected chi connectivity index (χ1v) is 10.5. The van der Waals surface area contributed by atoms with Crippen LogP contribution in [-0.4, -0.2) is 10.9 Å². The van der Waals surface area contributed by atoms with Crippen LogP contribution in [0.2, 0.25) is 15.1 Å². The molecule has 29 heavy (non-hydrogen) atoms. The summed E-state index contributed by atoms with van der Waals surface area (Å²) in [4.78, 5) is 17.7. The van der Waals surface area contributed by atoms with Crippen LogP contribution in [0, 0.1) is 0 Å². The molecule has 1 amide bonds. The quantitative estimate of drug-likeness (QED) is 0.340. The van der Waals surface area contributed by atoms with Crippen LogP contribution in [0.15, 0.2) is 65.2 Å². The summed E-state index contributed by atoms with van der Waals surface area (Å²) in [5, 5.41) is 4.96. The van der Waals surface area contributed by atoms with Crippen LogP contribution in [0.3, 0.4) is 0 Å². The third kappa shape index (κ3) is 4.49. The van der Waals surface area contributed by atoms with E-state index in [1.165, 1.54) is 11.3 Å². The number of hydrogen-bond acceptors (Lipinski definition) is 4. The zero-order valence-corrected chi connectivity index (χ0v) is 17.9. The van der Waals surface area contributed by atoms with Crippen LogP contribution in [0.1, 0.15) is 21.0 Å². The number of benzene rings is 2. The predicted molar refractivity (Wildman–Crippen MR) is 118 cm³/mol. The molecule has 0 aliphatic rings. The molecule has 0 bridgehead atoms. The lowest BCUT2D eigenvalue weighted by molar-refractivity contribution is 0.0997. The Bertz CT molecular complexity index is 1170. The van der Waals surface area contributed by atoms with E-state index < -0.39 is 0 Å². The van der Waals surface area contributed by atoms with Gasteiger partial charge in [0.1, 0.15) is 5.76 Å². The molecule has 0 atom stereocenters. The molecular weight excluding hydrogens is 451 g/mol. The van der Waals surface area contributed by atoms with Gasteiger partial charge in [0.25, 0.3) is 5.91 Å². The predicted octanol–water partition coefficient (Wildman–Crippen LogP) is 7.21. The summed E-state index contributed by atoms with van der Waals surface area (Å²) in [6.45, 7) is 0. The highest BCUT2D eigenvalue weighted by atomic mass is 35.5. The second kappa shape index (κ2) is 8.59. The number of nitrogens with one attached hydrogen (secondary N) is 1. The van der Waals surface area contributed by atoms with Gasteiger partial charge in [-0.2, -0.15) is 0 Å². The number of aromatic nitrogens is 1. The third-order valence-corrected chi connectivity index (χ3v) is 6.11. The van der Waals surface area contributed by atoms with E-state index in [9.17, 15) is 4.79 Å². The second-order valence-electron chi connectivity index (χ2n) is 6.11. The SMILES string of the molecule is O=C(Nc1ncc(Cc2c(Cl)cccc2Cl)s1)c1ccc(-c2ccccc2Cl)o1. The van der Waals surface area contributed by atoms with Crippen molar-refractivity contribution in [3.05, 3.63) is 92.1 Å². The Kier molecular flexibility index (Phi) is 5.92. The summed E-state index contributed by atoms with van der Waals surface area (Å²) in [6, 6.07) is 16.0. The lowest BCUT2D eigenvalue weighted by atomic mass is 10.1. The number of nitrogens with zero attached hydrogens (tertiary/aromatic N) is 1. The number of rotatable bonds is 5. The Morgan fingerprint density at radius 3 is 2.45 bits per heavy atom. The topological polar surface area (TPSA) is 55.1 Å². The zero-order valence-electron chi connectivity index (χ0n) is 14.8. The van der Waals surface area contributed by atoms with Crippen molar-refractivity contribution in [2.75, 3.05) is 5.32 Å².